The smallest absolute Gasteiger partial charge is 0.233 e. The van der Waals surface area contributed by atoms with Crippen LogP contribution in [0.1, 0.15) is 11.3 Å². The van der Waals surface area contributed by atoms with Crippen LogP contribution < -0.4 is 10.5 Å². The van der Waals surface area contributed by atoms with Gasteiger partial charge in [-0.15, -0.1) is 0 Å². The van der Waals surface area contributed by atoms with E-state index in [2.05, 4.69) is 25.6 Å². The first kappa shape index (κ1) is 15.8. The van der Waals surface area contributed by atoms with Crippen LogP contribution in [-0.2, 0) is 16.4 Å². The summed E-state index contributed by atoms with van der Waals surface area (Å²) < 4.78 is 27.4. The van der Waals surface area contributed by atoms with E-state index in [-0.39, 0.29) is 5.75 Å². The average Bonchev–Trinajstić information content (AvgIpc) is 2.44. The van der Waals surface area contributed by atoms with E-state index in [1.165, 1.54) is 0 Å². The predicted octanol–water partition coefficient (Wildman–Crippen LogP) is 2.72. The van der Waals surface area contributed by atoms with Gasteiger partial charge in [0, 0.05) is 28.5 Å². The highest BCUT2D eigenvalue weighted by Crippen LogP contribution is 2.28. The number of benzene rings is 1. The highest BCUT2D eigenvalue weighted by molar-refractivity contribution is 9.10. The van der Waals surface area contributed by atoms with Gasteiger partial charge in [0.05, 0.1) is 11.4 Å². The third-order valence-electron chi connectivity index (χ3n) is 2.97. The minimum atomic E-state index is -3.46. The summed E-state index contributed by atoms with van der Waals surface area (Å²) in [5.41, 5.74) is 8.42. The zero-order valence-electron chi connectivity index (χ0n) is 11.5. The van der Waals surface area contributed by atoms with Crippen molar-refractivity contribution in [3.8, 4) is 0 Å². The van der Waals surface area contributed by atoms with Gasteiger partial charge < -0.3 is 5.73 Å². The summed E-state index contributed by atoms with van der Waals surface area (Å²) in [5, 5.41) is 0. The van der Waals surface area contributed by atoms with E-state index in [0.717, 1.165) is 11.3 Å². The fraction of sp³-hybridized carbons (Fsp3) is 0.214. The minimum absolute atomic E-state index is 0.0375. The topological polar surface area (TPSA) is 85.1 Å². The lowest BCUT2D eigenvalue weighted by molar-refractivity contribution is 0.600. The monoisotopic (exact) mass is 369 g/mol. The van der Waals surface area contributed by atoms with Crippen LogP contribution in [0.4, 0.5) is 11.4 Å². The molecule has 1 aromatic carbocycles. The third-order valence-corrected chi connectivity index (χ3v) is 4.90. The number of pyridine rings is 1. The average molecular weight is 370 g/mol. The van der Waals surface area contributed by atoms with Gasteiger partial charge in [0.1, 0.15) is 0 Å². The van der Waals surface area contributed by atoms with Crippen LogP contribution in [-0.4, -0.2) is 19.2 Å². The largest absolute Gasteiger partial charge is 0.398 e. The van der Waals surface area contributed by atoms with Crippen molar-refractivity contribution >= 4 is 37.3 Å². The van der Waals surface area contributed by atoms with Crippen molar-refractivity contribution in [2.24, 2.45) is 0 Å². The molecular weight excluding hydrogens is 354 g/mol. The molecule has 2 rings (SSSR count). The van der Waals surface area contributed by atoms with Crippen molar-refractivity contribution in [1.82, 2.24) is 4.98 Å². The zero-order chi connectivity index (χ0) is 15.5. The van der Waals surface area contributed by atoms with Crippen molar-refractivity contribution in [1.29, 1.82) is 0 Å². The first-order chi connectivity index (χ1) is 9.87. The molecule has 1 aromatic heterocycles. The second-order valence-corrected chi connectivity index (χ2v) is 7.38. The Bertz CT molecular complexity index is 733. The van der Waals surface area contributed by atoms with Crippen molar-refractivity contribution < 1.29 is 8.42 Å². The lowest BCUT2D eigenvalue weighted by Crippen LogP contribution is -2.19. The molecule has 0 saturated heterocycles. The van der Waals surface area contributed by atoms with Crippen molar-refractivity contribution in [3.05, 3.63) is 52.3 Å². The van der Waals surface area contributed by atoms with Crippen molar-refractivity contribution in [2.45, 2.75) is 13.3 Å². The van der Waals surface area contributed by atoms with Gasteiger partial charge in [-0.3, -0.25) is 9.71 Å². The predicted molar refractivity (Wildman–Crippen MR) is 88.6 cm³/mol. The Morgan fingerprint density at radius 1 is 1.33 bits per heavy atom. The van der Waals surface area contributed by atoms with Crippen LogP contribution in [0.2, 0.25) is 0 Å². The number of halogens is 1. The minimum Gasteiger partial charge on any atom is -0.398 e. The summed E-state index contributed by atoms with van der Waals surface area (Å²) in [6, 6.07) is 8.82. The number of hydrogen-bond donors (Lipinski definition) is 2. The normalized spacial score (nSPS) is 11.3. The molecule has 0 spiro atoms. The lowest BCUT2D eigenvalue weighted by atomic mass is 10.2. The van der Waals surface area contributed by atoms with Gasteiger partial charge in [-0.2, -0.15) is 0 Å². The van der Waals surface area contributed by atoms with Gasteiger partial charge in [-0.1, -0.05) is 6.07 Å². The molecule has 3 N–H and O–H groups in total. The van der Waals surface area contributed by atoms with Gasteiger partial charge in [0.25, 0.3) is 0 Å². The second kappa shape index (κ2) is 6.44. The Balaban J connectivity index is 2.09. The van der Waals surface area contributed by atoms with Crippen LogP contribution in [0, 0.1) is 6.92 Å². The fourth-order valence-corrected chi connectivity index (χ4v) is 3.54. The number of nitrogen functional groups attached to an aromatic ring is 1. The van der Waals surface area contributed by atoms with E-state index in [4.69, 9.17) is 5.73 Å². The Kier molecular flexibility index (Phi) is 4.84. The number of hydrogen-bond acceptors (Lipinski definition) is 4. The quantitative estimate of drug-likeness (QED) is 0.793. The van der Waals surface area contributed by atoms with Crippen LogP contribution in [0.25, 0.3) is 0 Å². The summed E-state index contributed by atoms with van der Waals surface area (Å²) in [4.78, 5) is 4.11. The summed E-state index contributed by atoms with van der Waals surface area (Å²) in [5.74, 6) is -0.0375. The molecule has 0 bridgehead atoms. The number of aromatic nitrogens is 1. The van der Waals surface area contributed by atoms with Crippen molar-refractivity contribution in [3.63, 3.8) is 0 Å². The van der Waals surface area contributed by atoms with Gasteiger partial charge in [0.2, 0.25) is 10.0 Å². The van der Waals surface area contributed by atoms with E-state index in [1.54, 1.807) is 30.5 Å². The van der Waals surface area contributed by atoms with Crippen LogP contribution in [0.3, 0.4) is 0 Å². The molecule has 1 heterocycles. The first-order valence-corrected chi connectivity index (χ1v) is 8.78. The highest BCUT2D eigenvalue weighted by atomic mass is 79.9. The standard InChI is InChI=1S/C14H16BrN3O2S/c1-10-8-12(15)14(9-13(10)16)18-21(19,20)7-5-11-4-2-3-6-17-11/h2-4,6,8-9,18H,5,7,16H2,1H3. The van der Waals surface area contributed by atoms with E-state index in [9.17, 15) is 8.42 Å². The van der Waals surface area contributed by atoms with E-state index in [0.29, 0.717) is 22.3 Å². The number of nitrogens with zero attached hydrogens (tertiary/aromatic N) is 1. The number of nitrogens with one attached hydrogen (secondary N) is 1. The van der Waals surface area contributed by atoms with Gasteiger partial charge in [-0.05, 0) is 52.7 Å². The Morgan fingerprint density at radius 2 is 2.10 bits per heavy atom. The van der Waals surface area contributed by atoms with Crippen molar-refractivity contribution in [2.75, 3.05) is 16.2 Å². The number of aryl methyl sites for hydroxylation is 2. The Labute approximate surface area is 132 Å². The summed E-state index contributed by atoms with van der Waals surface area (Å²) in [6.45, 7) is 1.86. The zero-order valence-corrected chi connectivity index (χ0v) is 13.9. The molecule has 0 unspecified atom stereocenters. The maximum absolute atomic E-state index is 12.1. The van der Waals surface area contributed by atoms with Crippen LogP contribution in [0.5, 0.6) is 0 Å². The molecule has 112 valence electrons. The first-order valence-electron chi connectivity index (χ1n) is 6.33. The molecule has 5 nitrogen and oxygen atoms in total. The highest BCUT2D eigenvalue weighted by Gasteiger charge is 2.14. The molecule has 0 saturated carbocycles. The molecular formula is C14H16BrN3O2S. The summed E-state index contributed by atoms with van der Waals surface area (Å²) in [6.07, 6.45) is 2.00. The molecule has 2 aromatic rings. The van der Waals surface area contributed by atoms with Crippen LogP contribution >= 0.6 is 15.9 Å². The van der Waals surface area contributed by atoms with E-state index in [1.807, 2.05) is 13.0 Å². The second-order valence-electron chi connectivity index (χ2n) is 4.68. The lowest BCUT2D eigenvalue weighted by Gasteiger charge is -2.11. The number of anilines is 2. The SMILES string of the molecule is Cc1cc(Br)c(NS(=O)(=O)CCc2ccccn2)cc1N. The summed E-state index contributed by atoms with van der Waals surface area (Å²) in [7, 11) is -3.46. The third kappa shape index (κ3) is 4.44. The molecule has 21 heavy (non-hydrogen) atoms. The van der Waals surface area contributed by atoms with E-state index < -0.39 is 10.0 Å². The summed E-state index contributed by atoms with van der Waals surface area (Å²) >= 11 is 3.34. The molecule has 0 aliphatic carbocycles. The van der Waals surface area contributed by atoms with Gasteiger partial charge in [-0.25, -0.2) is 8.42 Å². The number of rotatable bonds is 5. The maximum atomic E-state index is 12.1. The van der Waals surface area contributed by atoms with Gasteiger partial charge in [0.15, 0.2) is 0 Å². The maximum Gasteiger partial charge on any atom is 0.233 e. The van der Waals surface area contributed by atoms with E-state index >= 15 is 0 Å². The molecule has 0 aliphatic rings. The molecule has 0 atom stereocenters. The molecule has 0 amide bonds. The van der Waals surface area contributed by atoms with Crippen LogP contribution in [0.15, 0.2) is 41.0 Å². The molecule has 0 aliphatic heterocycles. The number of nitrogens with two attached hydrogens (primary N) is 1. The Hall–Kier alpha value is -1.60. The molecule has 0 fully saturated rings. The molecule has 7 heteroatoms. The Morgan fingerprint density at radius 3 is 2.76 bits per heavy atom. The van der Waals surface area contributed by atoms with Gasteiger partial charge >= 0.3 is 0 Å². The number of sulfonamides is 1. The molecule has 0 radical (unpaired) electrons. The fourth-order valence-electron chi connectivity index (χ4n) is 1.77.